The lowest BCUT2D eigenvalue weighted by Crippen LogP contribution is -2.10. The third kappa shape index (κ3) is 6.14. The van der Waals surface area contributed by atoms with Crippen molar-refractivity contribution in [3.05, 3.63) is 243 Å². The molecule has 0 aliphatic carbocycles. The van der Waals surface area contributed by atoms with Gasteiger partial charge in [0.25, 0.3) is 0 Å². The van der Waals surface area contributed by atoms with Gasteiger partial charge in [0.05, 0.1) is 16.7 Å². The molecule has 0 amide bonds. The van der Waals surface area contributed by atoms with Gasteiger partial charge in [-0.2, -0.15) is 0 Å². The standard InChI is InChI=1S/C58H40N2/c1-3-18-42(19-4-1)55-40-46(38-39-51(55)52-27-11-14-31-56(52)60-57-32-15-12-28-53(57)54-29-13-16-33-58(54)60)59(44-22-5-2-6-23-44)45-36-34-43(35-37-45)48-25-9-10-26-49(48)50-30-17-21-41-20-7-8-24-47(41)50/h1-40H. The number of hydrogen-bond donors (Lipinski definition) is 0. The lowest BCUT2D eigenvalue weighted by Gasteiger charge is -2.27. The Morgan fingerprint density at radius 3 is 1.48 bits per heavy atom. The Morgan fingerprint density at radius 2 is 0.750 bits per heavy atom. The third-order valence-electron chi connectivity index (χ3n) is 11.8. The molecule has 10 aromatic carbocycles. The summed E-state index contributed by atoms with van der Waals surface area (Å²) in [4.78, 5) is 2.37. The highest BCUT2D eigenvalue weighted by atomic mass is 15.1. The van der Waals surface area contributed by atoms with Gasteiger partial charge in [-0.3, -0.25) is 0 Å². The number of aromatic nitrogens is 1. The minimum Gasteiger partial charge on any atom is -0.310 e. The van der Waals surface area contributed by atoms with E-state index in [-0.39, 0.29) is 0 Å². The van der Waals surface area contributed by atoms with Crippen molar-refractivity contribution in [3.63, 3.8) is 0 Å². The summed E-state index contributed by atoms with van der Waals surface area (Å²) in [6.07, 6.45) is 0. The Balaban J connectivity index is 1.06. The molecular formula is C58H40N2. The van der Waals surface area contributed by atoms with Crippen molar-refractivity contribution in [2.75, 3.05) is 4.90 Å². The van der Waals surface area contributed by atoms with Crippen LogP contribution in [-0.4, -0.2) is 4.57 Å². The van der Waals surface area contributed by atoms with Gasteiger partial charge in [-0.1, -0.05) is 188 Å². The van der Waals surface area contributed by atoms with Crippen LogP contribution in [0.1, 0.15) is 0 Å². The summed E-state index contributed by atoms with van der Waals surface area (Å²) >= 11 is 0. The van der Waals surface area contributed by atoms with E-state index >= 15 is 0 Å². The summed E-state index contributed by atoms with van der Waals surface area (Å²) in [5.74, 6) is 0. The zero-order chi connectivity index (χ0) is 39.8. The Bertz CT molecular complexity index is 3250. The smallest absolute Gasteiger partial charge is 0.0541 e. The van der Waals surface area contributed by atoms with E-state index < -0.39 is 0 Å². The molecule has 0 saturated heterocycles. The van der Waals surface area contributed by atoms with Gasteiger partial charge < -0.3 is 9.47 Å². The number of benzene rings is 10. The van der Waals surface area contributed by atoms with Gasteiger partial charge in [-0.05, 0) is 104 Å². The van der Waals surface area contributed by atoms with Gasteiger partial charge in [0.1, 0.15) is 0 Å². The fourth-order valence-electron chi connectivity index (χ4n) is 9.09. The molecule has 2 heteroatoms. The lowest BCUT2D eigenvalue weighted by molar-refractivity contribution is 1.18. The van der Waals surface area contributed by atoms with Crippen molar-refractivity contribution in [3.8, 4) is 50.2 Å². The van der Waals surface area contributed by atoms with Crippen LogP contribution in [0.25, 0.3) is 82.8 Å². The van der Waals surface area contributed by atoms with E-state index in [0.29, 0.717) is 0 Å². The fraction of sp³-hybridized carbons (Fsp3) is 0. The Morgan fingerprint density at radius 1 is 0.267 bits per heavy atom. The van der Waals surface area contributed by atoms with Crippen LogP contribution >= 0.6 is 0 Å². The first kappa shape index (κ1) is 35.2. The molecule has 2 nitrogen and oxygen atoms in total. The van der Waals surface area contributed by atoms with Crippen LogP contribution in [0.3, 0.4) is 0 Å². The van der Waals surface area contributed by atoms with E-state index in [4.69, 9.17) is 0 Å². The monoisotopic (exact) mass is 764 g/mol. The van der Waals surface area contributed by atoms with E-state index in [1.807, 2.05) is 0 Å². The highest BCUT2D eigenvalue weighted by Crippen LogP contribution is 2.44. The Kier molecular flexibility index (Phi) is 8.87. The van der Waals surface area contributed by atoms with Crippen LogP contribution < -0.4 is 4.90 Å². The molecule has 0 aliphatic rings. The number of hydrogen-bond acceptors (Lipinski definition) is 1. The molecule has 0 aliphatic heterocycles. The molecule has 0 bridgehead atoms. The van der Waals surface area contributed by atoms with Crippen molar-refractivity contribution in [1.82, 2.24) is 4.57 Å². The van der Waals surface area contributed by atoms with Crippen LogP contribution in [-0.2, 0) is 0 Å². The topological polar surface area (TPSA) is 8.17 Å². The number of rotatable bonds is 8. The highest BCUT2D eigenvalue weighted by molar-refractivity contribution is 6.10. The van der Waals surface area contributed by atoms with Gasteiger partial charge in [-0.25, -0.2) is 0 Å². The van der Waals surface area contributed by atoms with Gasteiger partial charge in [0, 0.05) is 33.4 Å². The molecule has 11 aromatic rings. The van der Waals surface area contributed by atoms with Gasteiger partial charge in [-0.15, -0.1) is 0 Å². The van der Waals surface area contributed by atoms with Crippen LogP contribution in [0.15, 0.2) is 243 Å². The summed E-state index contributed by atoms with van der Waals surface area (Å²) in [7, 11) is 0. The zero-order valence-corrected chi connectivity index (χ0v) is 33.0. The molecule has 0 saturated carbocycles. The van der Waals surface area contributed by atoms with Gasteiger partial charge >= 0.3 is 0 Å². The molecule has 60 heavy (non-hydrogen) atoms. The summed E-state index contributed by atoms with van der Waals surface area (Å²) in [6.45, 7) is 0. The normalized spacial score (nSPS) is 11.3. The van der Waals surface area contributed by atoms with E-state index in [9.17, 15) is 0 Å². The molecular weight excluding hydrogens is 725 g/mol. The van der Waals surface area contributed by atoms with E-state index in [1.54, 1.807) is 0 Å². The Labute approximate surface area is 350 Å². The summed E-state index contributed by atoms with van der Waals surface area (Å²) < 4.78 is 2.43. The second kappa shape index (κ2) is 15.1. The maximum Gasteiger partial charge on any atom is 0.0541 e. The molecule has 1 aromatic heterocycles. The lowest BCUT2D eigenvalue weighted by atomic mass is 9.91. The summed E-state index contributed by atoms with van der Waals surface area (Å²) in [5.41, 5.74) is 16.4. The average molecular weight is 765 g/mol. The predicted octanol–water partition coefficient (Wildman–Crippen LogP) is 16.1. The second-order valence-corrected chi connectivity index (χ2v) is 15.3. The minimum absolute atomic E-state index is 1.09. The van der Waals surface area contributed by atoms with Crippen LogP contribution in [0.2, 0.25) is 0 Å². The van der Waals surface area contributed by atoms with Crippen molar-refractivity contribution in [2.45, 2.75) is 0 Å². The van der Waals surface area contributed by atoms with Crippen molar-refractivity contribution >= 4 is 49.6 Å². The molecule has 0 radical (unpaired) electrons. The first-order chi connectivity index (χ1) is 29.8. The Hall–Kier alpha value is -7.94. The molecule has 0 N–H and O–H groups in total. The van der Waals surface area contributed by atoms with Crippen LogP contribution in [0, 0.1) is 0 Å². The largest absolute Gasteiger partial charge is 0.310 e. The predicted molar refractivity (Wildman–Crippen MR) is 255 cm³/mol. The molecule has 0 spiro atoms. The second-order valence-electron chi connectivity index (χ2n) is 15.3. The highest BCUT2D eigenvalue weighted by Gasteiger charge is 2.20. The third-order valence-corrected chi connectivity index (χ3v) is 11.8. The molecule has 11 rings (SSSR count). The maximum absolute atomic E-state index is 2.43. The molecule has 1 heterocycles. The summed E-state index contributed by atoms with van der Waals surface area (Å²) in [6, 6.07) is 87.8. The number of nitrogens with zero attached hydrogens (tertiary/aromatic N) is 2. The average Bonchev–Trinajstić information content (AvgIpc) is 3.66. The van der Waals surface area contributed by atoms with E-state index in [1.165, 1.54) is 77.1 Å². The van der Waals surface area contributed by atoms with Crippen LogP contribution in [0.4, 0.5) is 17.1 Å². The molecule has 0 fully saturated rings. The minimum atomic E-state index is 1.09. The SMILES string of the molecule is c1ccc(-c2cc(N(c3ccccc3)c3ccc(-c4ccccc4-c4cccc5ccccc45)cc3)ccc2-c2ccccc2-n2c3ccccc3c3ccccc32)cc1. The molecule has 0 atom stereocenters. The van der Waals surface area contributed by atoms with E-state index in [0.717, 1.165) is 22.7 Å². The first-order valence-corrected chi connectivity index (χ1v) is 20.6. The first-order valence-electron chi connectivity index (χ1n) is 20.6. The van der Waals surface area contributed by atoms with Gasteiger partial charge in [0.2, 0.25) is 0 Å². The summed E-state index contributed by atoms with van der Waals surface area (Å²) in [5, 5.41) is 5.01. The molecule has 282 valence electrons. The van der Waals surface area contributed by atoms with Crippen molar-refractivity contribution in [2.24, 2.45) is 0 Å². The quantitative estimate of drug-likeness (QED) is 0.150. The number of fused-ring (bicyclic) bond motifs is 4. The number of anilines is 3. The fourth-order valence-corrected chi connectivity index (χ4v) is 9.09. The zero-order valence-electron chi connectivity index (χ0n) is 33.0. The number of para-hydroxylation sites is 4. The van der Waals surface area contributed by atoms with Crippen molar-refractivity contribution in [1.29, 1.82) is 0 Å². The molecule has 0 unspecified atom stereocenters. The van der Waals surface area contributed by atoms with Crippen LogP contribution in [0.5, 0.6) is 0 Å². The van der Waals surface area contributed by atoms with Crippen molar-refractivity contribution < 1.29 is 0 Å². The maximum atomic E-state index is 2.43. The van der Waals surface area contributed by atoms with E-state index in [2.05, 4.69) is 252 Å². The van der Waals surface area contributed by atoms with Gasteiger partial charge in [0.15, 0.2) is 0 Å².